The van der Waals surface area contributed by atoms with Crippen LogP contribution in [-0.4, -0.2) is 44.8 Å². The summed E-state index contributed by atoms with van der Waals surface area (Å²) in [6, 6.07) is 0. The lowest BCUT2D eigenvalue weighted by molar-refractivity contribution is -0.108. The maximum atomic E-state index is 9.77. The van der Waals surface area contributed by atoms with E-state index in [2.05, 4.69) is 0 Å². The van der Waals surface area contributed by atoms with Gasteiger partial charge in [-0.3, -0.25) is 0 Å². The first-order valence-electron chi connectivity index (χ1n) is 7.35. The minimum atomic E-state index is -1.23. The number of hydrogen-bond acceptors (Lipinski definition) is 4. The van der Waals surface area contributed by atoms with Gasteiger partial charge in [0.1, 0.15) is 12.2 Å². The summed E-state index contributed by atoms with van der Waals surface area (Å²) in [6.07, 6.45) is 5.29. The molecule has 0 saturated heterocycles. The van der Waals surface area contributed by atoms with E-state index in [0.717, 1.165) is 25.7 Å². The van der Waals surface area contributed by atoms with Crippen LogP contribution in [0.1, 0.15) is 64.2 Å². The van der Waals surface area contributed by atoms with Gasteiger partial charge in [-0.25, -0.2) is 0 Å². The van der Waals surface area contributed by atoms with Crippen LogP contribution in [0.15, 0.2) is 0 Å². The molecule has 18 heavy (non-hydrogen) atoms. The molecule has 1 fully saturated rings. The maximum Gasteiger partial charge on any atom is 0.108 e. The van der Waals surface area contributed by atoms with Gasteiger partial charge < -0.3 is 20.4 Å². The zero-order valence-corrected chi connectivity index (χ0v) is 11.2. The molecule has 4 heteroatoms. The lowest BCUT2D eigenvalue weighted by atomic mass is 9.94. The van der Waals surface area contributed by atoms with Crippen LogP contribution in [0.5, 0.6) is 0 Å². The monoisotopic (exact) mass is 260 g/mol. The third-order valence-corrected chi connectivity index (χ3v) is 3.89. The highest BCUT2D eigenvalue weighted by molar-refractivity contribution is 4.81. The summed E-state index contributed by atoms with van der Waals surface area (Å²) in [5.41, 5.74) is 0. The highest BCUT2D eigenvalue weighted by Gasteiger charge is 2.29. The van der Waals surface area contributed by atoms with Crippen molar-refractivity contribution in [3.8, 4) is 0 Å². The van der Waals surface area contributed by atoms with Crippen molar-refractivity contribution in [1.82, 2.24) is 0 Å². The SMILES string of the molecule is OC1CCCCCCCCCCC(O)C(O)C1O. The van der Waals surface area contributed by atoms with Gasteiger partial charge in [0.25, 0.3) is 0 Å². The Morgan fingerprint density at radius 1 is 0.444 bits per heavy atom. The van der Waals surface area contributed by atoms with Crippen molar-refractivity contribution in [1.29, 1.82) is 0 Å². The predicted octanol–water partition coefficient (Wildman–Crippen LogP) is 1.34. The summed E-state index contributed by atoms with van der Waals surface area (Å²) in [4.78, 5) is 0. The number of aliphatic hydroxyl groups is 4. The molecule has 1 saturated carbocycles. The van der Waals surface area contributed by atoms with Gasteiger partial charge in [0.15, 0.2) is 0 Å². The number of hydrogen-bond donors (Lipinski definition) is 4. The molecule has 0 aromatic rings. The fourth-order valence-electron chi connectivity index (χ4n) is 2.56. The summed E-state index contributed by atoms with van der Waals surface area (Å²) >= 11 is 0. The Morgan fingerprint density at radius 2 is 0.722 bits per heavy atom. The first-order valence-corrected chi connectivity index (χ1v) is 7.35. The summed E-state index contributed by atoms with van der Waals surface area (Å²) in [7, 11) is 0. The molecule has 0 radical (unpaired) electrons. The molecular formula is C14H28O4. The van der Waals surface area contributed by atoms with E-state index in [9.17, 15) is 20.4 Å². The van der Waals surface area contributed by atoms with E-state index in [4.69, 9.17) is 0 Å². The fourth-order valence-corrected chi connectivity index (χ4v) is 2.56. The average molecular weight is 260 g/mol. The van der Waals surface area contributed by atoms with E-state index in [1.165, 1.54) is 25.7 Å². The molecule has 1 rings (SSSR count). The molecule has 4 unspecified atom stereocenters. The molecule has 1 aliphatic rings. The van der Waals surface area contributed by atoms with Crippen molar-refractivity contribution in [3.05, 3.63) is 0 Å². The van der Waals surface area contributed by atoms with Crippen LogP contribution >= 0.6 is 0 Å². The standard InChI is InChI=1S/C14H28O4/c15-11-9-7-5-3-1-2-4-6-8-10-12(16)14(18)13(11)17/h11-18H,1-10H2. The Labute approximate surface area is 110 Å². The molecule has 0 amide bonds. The second kappa shape index (κ2) is 8.86. The van der Waals surface area contributed by atoms with Crippen LogP contribution < -0.4 is 0 Å². The Kier molecular flexibility index (Phi) is 7.82. The van der Waals surface area contributed by atoms with Crippen LogP contribution in [0.25, 0.3) is 0 Å². The summed E-state index contributed by atoms with van der Waals surface area (Å²) in [6.45, 7) is 0. The lowest BCUT2D eigenvalue weighted by Crippen LogP contribution is -2.44. The smallest absolute Gasteiger partial charge is 0.108 e. The molecule has 0 heterocycles. The zero-order valence-electron chi connectivity index (χ0n) is 11.2. The fraction of sp³-hybridized carbons (Fsp3) is 1.00. The highest BCUT2D eigenvalue weighted by atomic mass is 16.4. The van der Waals surface area contributed by atoms with Crippen LogP contribution in [0.2, 0.25) is 0 Å². The zero-order chi connectivity index (χ0) is 13.4. The van der Waals surface area contributed by atoms with Gasteiger partial charge in [0, 0.05) is 0 Å². The Bertz CT molecular complexity index is 188. The molecule has 0 aliphatic heterocycles. The Hall–Kier alpha value is -0.160. The van der Waals surface area contributed by atoms with E-state index in [-0.39, 0.29) is 0 Å². The first kappa shape index (κ1) is 15.9. The van der Waals surface area contributed by atoms with Gasteiger partial charge in [-0.2, -0.15) is 0 Å². The molecule has 4 N–H and O–H groups in total. The number of rotatable bonds is 0. The molecule has 0 aromatic heterocycles. The van der Waals surface area contributed by atoms with Crippen molar-refractivity contribution in [2.24, 2.45) is 0 Å². The summed E-state index contributed by atoms with van der Waals surface area (Å²) < 4.78 is 0. The van der Waals surface area contributed by atoms with Crippen molar-refractivity contribution >= 4 is 0 Å². The predicted molar refractivity (Wildman–Crippen MR) is 70.2 cm³/mol. The van der Waals surface area contributed by atoms with Crippen molar-refractivity contribution in [3.63, 3.8) is 0 Å². The second-order valence-corrected chi connectivity index (χ2v) is 5.52. The molecule has 1 aliphatic carbocycles. The summed E-state index contributed by atoms with van der Waals surface area (Å²) in [5, 5.41) is 39.0. The molecule has 0 spiro atoms. The van der Waals surface area contributed by atoms with E-state index in [0.29, 0.717) is 12.8 Å². The molecular weight excluding hydrogens is 232 g/mol. The van der Waals surface area contributed by atoms with Crippen molar-refractivity contribution < 1.29 is 20.4 Å². The van der Waals surface area contributed by atoms with Gasteiger partial charge in [-0.15, -0.1) is 0 Å². The van der Waals surface area contributed by atoms with Gasteiger partial charge >= 0.3 is 0 Å². The topological polar surface area (TPSA) is 80.9 Å². The summed E-state index contributed by atoms with van der Waals surface area (Å²) in [5.74, 6) is 0. The maximum absolute atomic E-state index is 9.77. The minimum Gasteiger partial charge on any atom is -0.390 e. The van der Waals surface area contributed by atoms with Gasteiger partial charge in [0.05, 0.1) is 12.2 Å². The lowest BCUT2D eigenvalue weighted by Gasteiger charge is -2.26. The molecule has 0 bridgehead atoms. The van der Waals surface area contributed by atoms with Crippen LogP contribution in [0.3, 0.4) is 0 Å². The van der Waals surface area contributed by atoms with E-state index >= 15 is 0 Å². The van der Waals surface area contributed by atoms with Gasteiger partial charge in [-0.1, -0.05) is 51.4 Å². The van der Waals surface area contributed by atoms with E-state index < -0.39 is 24.4 Å². The van der Waals surface area contributed by atoms with Crippen LogP contribution in [-0.2, 0) is 0 Å². The van der Waals surface area contributed by atoms with E-state index in [1.807, 2.05) is 0 Å². The number of aliphatic hydroxyl groups excluding tert-OH is 4. The molecule has 4 nitrogen and oxygen atoms in total. The van der Waals surface area contributed by atoms with Gasteiger partial charge in [0.2, 0.25) is 0 Å². The minimum absolute atomic E-state index is 0.491. The largest absolute Gasteiger partial charge is 0.390 e. The average Bonchev–Trinajstić information content (AvgIpc) is 2.37. The Morgan fingerprint density at radius 3 is 1.06 bits per heavy atom. The molecule has 4 atom stereocenters. The highest BCUT2D eigenvalue weighted by Crippen LogP contribution is 2.18. The normalized spacial score (nSPS) is 38.0. The molecule has 108 valence electrons. The Balaban J connectivity index is 2.45. The quantitative estimate of drug-likeness (QED) is 0.530. The van der Waals surface area contributed by atoms with E-state index in [1.54, 1.807) is 0 Å². The van der Waals surface area contributed by atoms with Crippen molar-refractivity contribution in [2.45, 2.75) is 88.6 Å². The van der Waals surface area contributed by atoms with Gasteiger partial charge in [-0.05, 0) is 12.8 Å². The second-order valence-electron chi connectivity index (χ2n) is 5.52. The molecule has 0 aromatic carbocycles. The third-order valence-electron chi connectivity index (χ3n) is 3.89. The van der Waals surface area contributed by atoms with Crippen LogP contribution in [0.4, 0.5) is 0 Å². The first-order chi connectivity index (χ1) is 8.63. The van der Waals surface area contributed by atoms with Crippen molar-refractivity contribution in [2.75, 3.05) is 0 Å². The van der Waals surface area contributed by atoms with Crippen LogP contribution in [0, 0.1) is 0 Å². The third kappa shape index (κ3) is 5.65.